The van der Waals surface area contributed by atoms with Crippen molar-refractivity contribution in [3.05, 3.63) is 0 Å². The molecule has 0 rings (SSSR count). The number of rotatable bonds is 10. The second kappa shape index (κ2) is 8.08. The summed E-state index contributed by atoms with van der Waals surface area (Å²) in [6, 6.07) is 0. The quantitative estimate of drug-likeness (QED) is 0.438. The Kier molecular flexibility index (Phi) is 8.00. The van der Waals surface area contributed by atoms with Gasteiger partial charge in [0, 0.05) is 4.75 Å². The molecule has 1 N–H and O–H groups in total. The van der Waals surface area contributed by atoms with Crippen LogP contribution in [-0.2, 0) is 4.79 Å². The van der Waals surface area contributed by atoms with Crippen LogP contribution in [0, 0.1) is 5.41 Å². The molecule has 0 amide bonds. The molecule has 0 aliphatic carbocycles. The van der Waals surface area contributed by atoms with Gasteiger partial charge in [-0.05, 0) is 25.7 Å². The fourth-order valence-corrected chi connectivity index (χ4v) is 3.34. The largest absolute Gasteiger partial charge is 0.481 e. The summed E-state index contributed by atoms with van der Waals surface area (Å²) < 4.78 is -0.389. The monoisotopic (exact) mass is 274 g/mol. The summed E-state index contributed by atoms with van der Waals surface area (Å²) in [7, 11) is 0. The van der Waals surface area contributed by atoms with E-state index in [0.29, 0.717) is 6.42 Å². The van der Waals surface area contributed by atoms with E-state index in [2.05, 4.69) is 20.8 Å². The number of carboxylic acids is 1. The van der Waals surface area contributed by atoms with Crippen molar-refractivity contribution in [1.82, 2.24) is 0 Å². The molecule has 0 saturated carbocycles. The average molecular weight is 274 g/mol. The molecule has 0 saturated heterocycles. The predicted molar refractivity (Wildman–Crippen MR) is 81.4 cm³/mol. The van der Waals surface area contributed by atoms with Crippen LogP contribution in [0.3, 0.4) is 0 Å². The molecule has 108 valence electrons. The standard InChI is InChI=1S/C15H30O2S/c1-5-9-10-11-12-14(6-2,13(16)17)15(18,7-3)8-4/h18H,5-12H2,1-4H3,(H,16,17). The Hall–Kier alpha value is -0.180. The Morgan fingerprint density at radius 1 is 1.00 bits per heavy atom. The first kappa shape index (κ1) is 17.8. The number of carboxylic acid groups (broad SMARTS) is 1. The number of hydrogen-bond donors (Lipinski definition) is 2. The number of aliphatic carboxylic acids is 1. The van der Waals surface area contributed by atoms with E-state index < -0.39 is 11.4 Å². The Balaban J connectivity index is 4.98. The highest BCUT2D eigenvalue weighted by atomic mass is 32.1. The van der Waals surface area contributed by atoms with E-state index in [-0.39, 0.29) is 4.75 Å². The minimum absolute atomic E-state index is 0.389. The van der Waals surface area contributed by atoms with E-state index in [1.54, 1.807) is 0 Å². The molecule has 0 aromatic heterocycles. The molecule has 0 aromatic rings. The molecular formula is C15H30O2S. The Morgan fingerprint density at radius 3 is 1.89 bits per heavy atom. The highest BCUT2D eigenvalue weighted by molar-refractivity contribution is 7.81. The maximum absolute atomic E-state index is 11.8. The van der Waals surface area contributed by atoms with Crippen LogP contribution in [0.1, 0.15) is 79.1 Å². The lowest BCUT2D eigenvalue weighted by molar-refractivity contribution is -0.152. The fourth-order valence-electron chi connectivity index (χ4n) is 2.98. The van der Waals surface area contributed by atoms with Gasteiger partial charge >= 0.3 is 5.97 Å². The lowest BCUT2D eigenvalue weighted by atomic mass is 9.67. The number of carbonyl (C=O) groups is 1. The second-order valence-electron chi connectivity index (χ2n) is 5.29. The Morgan fingerprint density at radius 2 is 1.56 bits per heavy atom. The SMILES string of the molecule is CCCCCCC(CC)(C(=O)O)C(S)(CC)CC. The molecular weight excluding hydrogens is 244 g/mol. The van der Waals surface area contributed by atoms with Crippen LogP contribution in [-0.4, -0.2) is 15.8 Å². The summed E-state index contributed by atoms with van der Waals surface area (Å²) in [5.41, 5.74) is -0.673. The minimum atomic E-state index is -0.673. The van der Waals surface area contributed by atoms with Gasteiger partial charge in [-0.3, -0.25) is 4.79 Å². The van der Waals surface area contributed by atoms with Crippen LogP contribution >= 0.6 is 12.6 Å². The van der Waals surface area contributed by atoms with E-state index in [1.807, 2.05) is 6.92 Å². The highest BCUT2D eigenvalue weighted by Crippen LogP contribution is 2.48. The maximum Gasteiger partial charge on any atom is 0.311 e. The molecule has 0 bridgehead atoms. The van der Waals surface area contributed by atoms with Crippen LogP contribution < -0.4 is 0 Å². The van der Waals surface area contributed by atoms with Crippen molar-refractivity contribution >= 4 is 18.6 Å². The molecule has 0 spiro atoms. The van der Waals surface area contributed by atoms with Gasteiger partial charge in [-0.1, -0.05) is 53.4 Å². The van der Waals surface area contributed by atoms with Crippen molar-refractivity contribution in [2.24, 2.45) is 5.41 Å². The topological polar surface area (TPSA) is 37.3 Å². The van der Waals surface area contributed by atoms with Gasteiger partial charge in [0.15, 0.2) is 0 Å². The zero-order valence-corrected chi connectivity index (χ0v) is 13.4. The van der Waals surface area contributed by atoms with Crippen LogP contribution in [0.4, 0.5) is 0 Å². The van der Waals surface area contributed by atoms with Crippen molar-refractivity contribution in [1.29, 1.82) is 0 Å². The Labute approximate surface area is 118 Å². The lowest BCUT2D eigenvalue weighted by Gasteiger charge is -2.44. The van der Waals surface area contributed by atoms with E-state index in [1.165, 1.54) is 12.8 Å². The van der Waals surface area contributed by atoms with Gasteiger partial charge in [-0.15, -0.1) is 0 Å². The van der Waals surface area contributed by atoms with Gasteiger partial charge in [0.25, 0.3) is 0 Å². The van der Waals surface area contributed by atoms with E-state index >= 15 is 0 Å². The van der Waals surface area contributed by atoms with Crippen molar-refractivity contribution in [2.45, 2.75) is 83.8 Å². The molecule has 0 radical (unpaired) electrons. The zero-order chi connectivity index (χ0) is 14.2. The Bertz CT molecular complexity index is 249. The third-order valence-electron chi connectivity index (χ3n) is 4.53. The number of unbranched alkanes of at least 4 members (excludes halogenated alkanes) is 3. The molecule has 3 heteroatoms. The molecule has 1 atom stereocenters. The van der Waals surface area contributed by atoms with Gasteiger partial charge in [0.1, 0.15) is 0 Å². The van der Waals surface area contributed by atoms with Gasteiger partial charge in [0.2, 0.25) is 0 Å². The van der Waals surface area contributed by atoms with Gasteiger partial charge < -0.3 is 5.11 Å². The summed E-state index contributed by atoms with van der Waals surface area (Å²) >= 11 is 4.76. The number of thiol groups is 1. The molecule has 2 nitrogen and oxygen atoms in total. The van der Waals surface area contributed by atoms with Crippen LogP contribution in [0.2, 0.25) is 0 Å². The molecule has 0 fully saturated rings. The summed E-state index contributed by atoms with van der Waals surface area (Å²) in [6.45, 7) is 8.27. The fraction of sp³-hybridized carbons (Fsp3) is 0.933. The molecule has 0 aliphatic heterocycles. The first-order valence-electron chi connectivity index (χ1n) is 7.39. The predicted octanol–water partition coefficient (Wildman–Crippen LogP) is 4.93. The van der Waals surface area contributed by atoms with Gasteiger partial charge in [-0.2, -0.15) is 12.6 Å². The van der Waals surface area contributed by atoms with E-state index in [4.69, 9.17) is 12.6 Å². The zero-order valence-electron chi connectivity index (χ0n) is 12.5. The third-order valence-corrected chi connectivity index (χ3v) is 5.59. The summed E-state index contributed by atoms with van der Waals surface area (Å²) in [4.78, 5) is 11.8. The summed E-state index contributed by atoms with van der Waals surface area (Å²) in [6.07, 6.45) is 7.53. The molecule has 18 heavy (non-hydrogen) atoms. The molecule has 0 aromatic carbocycles. The van der Waals surface area contributed by atoms with Gasteiger partial charge in [-0.25, -0.2) is 0 Å². The first-order valence-corrected chi connectivity index (χ1v) is 7.84. The average Bonchev–Trinajstić information content (AvgIpc) is 2.38. The van der Waals surface area contributed by atoms with Crippen LogP contribution in [0.5, 0.6) is 0 Å². The van der Waals surface area contributed by atoms with Crippen molar-refractivity contribution in [3.8, 4) is 0 Å². The summed E-state index contributed by atoms with van der Waals surface area (Å²) in [5, 5.41) is 9.73. The third kappa shape index (κ3) is 3.66. The lowest BCUT2D eigenvalue weighted by Crippen LogP contribution is -2.49. The van der Waals surface area contributed by atoms with Crippen LogP contribution in [0.25, 0.3) is 0 Å². The normalized spacial score (nSPS) is 15.4. The van der Waals surface area contributed by atoms with Crippen molar-refractivity contribution in [2.75, 3.05) is 0 Å². The summed E-state index contributed by atoms with van der Waals surface area (Å²) in [5.74, 6) is -0.666. The molecule has 0 heterocycles. The molecule has 1 unspecified atom stereocenters. The van der Waals surface area contributed by atoms with Crippen LogP contribution in [0.15, 0.2) is 0 Å². The second-order valence-corrected chi connectivity index (χ2v) is 6.15. The van der Waals surface area contributed by atoms with Gasteiger partial charge in [0.05, 0.1) is 5.41 Å². The highest BCUT2D eigenvalue weighted by Gasteiger charge is 2.50. The smallest absolute Gasteiger partial charge is 0.311 e. The van der Waals surface area contributed by atoms with E-state index in [0.717, 1.165) is 32.1 Å². The number of hydrogen-bond acceptors (Lipinski definition) is 2. The van der Waals surface area contributed by atoms with E-state index in [9.17, 15) is 9.90 Å². The first-order chi connectivity index (χ1) is 8.44. The minimum Gasteiger partial charge on any atom is -0.481 e. The molecule has 0 aliphatic rings. The van der Waals surface area contributed by atoms with Crippen molar-refractivity contribution < 1.29 is 9.90 Å². The van der Waals surface area contributed by atoms with Crippen molar-refractivity contribution in [3.63, 3.8) is 0 Å². The maximum atomic E-state index is 11.8.